The quantitative estimate of drug-likeness (QED) is 0.302. The Morgan fingerprint density at radius 2 is 1.83 bits per heavy atom. The van der Waals surface area contributed by atoms with Gasteiger partial charge in [0, 0.05) is 24.2 Å². The molecule has 1 aromatic heterocycles. The summed E-state index contributed by atoms with van der Waals surface area (Å²) < 4.78 is 21.8. The lowest BCUT2D eigenvalue weighted by atomic mass is 9.54. The Hall–Kier alpha value is -3.31. The van der Waals surface area contributed by atoms with Crippen LogP contribution < -0.4 is 10.1 Å². The molecule has 0 atom stereocenters. The highest BCUT2D eigenvalue weighted by atomic mass is 35.5. The van der Waals surface area contributed by atoms with E-state index in [1.54, 1.807) is 19.2 Å². The predicted octanol–water partition coefficient (Wildman–Crippen LogP) is 7.22. The first kappa shape index (κ1) is 23.1. The Kier molecular flexibility index (Phi) is 5.76. The van der Waals surface area contributed by atoms with Crippen LogP contribution in [0.25, 0.3) is 22.0 Å². The number of carbonyl (C=O) groups excluding carboxylic acids is 1. The second kappa shape index (κ2) is 8.97. The Labute approximate surface area is 215 Å². The monoisotopic (exact) mass is 502 g/mol. The van der Waals surface area contributed by atoms with Gasteiger partial charge in [0.05, 0.1) is 23.2 Å². The van der Waals surface area contributed by atoms with Gasteiger partial charge in [-0.25, -0.2) is 4.39 Å². The van der Waals surface area contributed by atoms with E-state index >= 15 is 0 Å². The number of nitrogens with one attached hydrogen (secondary N) is 1. The average molecular weight is 503 g/mol. The second-order valence-electron chi connectivity index (χ2n) is 10.3. The van der Waals surface area contributed by atoms with E-state index in [-0.39, 0.29) is 17.8 Å². The van der Waals surface area contributed by atoms with Crippen LogP contribution in [0.4, 0.5) is 4.39 Å². The zero-order valence-electron chi connectivity index (χ0n) is 20.2. The highest BCUT2D eigenvalue weighted by molar-refractivity contribution is 6.32. The number of hydrogen-bond acceptors (Lipinski definition) is 2. The minimum absolute atomic E-state index is 0.120. The van der Waals surface area contributed by atoms with Crippen LogP contribution in [0, 0.1) is 11.2 Å². The molecule has 1 N–H and O–H groups in total. The third-order valence-electron chi connectivity index (χ3n) is 8.02. The van der Waals surface area contributed by atoms with Gasteiger partial charge in [-0.05, 0) is 78.1 Å². The molecule has 4 nitrogen and oxygen atoms in total. The number of amides is 1. The van der Waals surface area contributed by atoms with Crippen molar-refractivity contribution in [3.8, 4) is 16.9 Å². The highest BCUT2D eigenvalue weighted by Crippen LogP contribution is 2.55. The van der Waals surface area contributed by atoms with Gasteiger partial charge < -0.3 is 14.6 Å². The normalized spacial score (nSPS) is 16.5. The Bertz CT molecular complexity index is 1450. The SMILES string of the molecule is COc1ccc(-c2ccc(Cn3ccc4c(F)ccc(C(=O)NC5CC6(CCC6)C5)c43)cc2)cc1Cl. The van der Waals surface area contributed by atoms with Gasteiger partial charge >= 0.3 is 0 Å². The molecule has 36 heavy (non-hydrogen) atoms. The van der Waals surface area contributed by atoms with E-state index in [2.05, 4.69) is 5.32 Å². The maximum Gasteiger partial charge on any atom is 0.253 e. The van der Waals surface area contributed by atoms with E-state index in [0.717, 1.165) is 29.5 Å². The summed E-state index contributed by atoms with van der Waals surface area (Å²) in [5, 5.41) is 4.23. The summed E-state index contributed by atoms with van der Waals surface area (Å²) >= 11 is 6.29. The van der Waals surface area contributed by atoms with E-state index < -0.39 is 0 Å². The maximum absolute atomic E-state index is 14.6. The number of fused-ring (bicyclic) bond motifs is 1. The molecule has 2 aliphatic carbocycles. The minimum atomic E-state index is -0.316. The molecule has 2 fully saturated rings. The van der Waals surface area contributed by atoms with Crippen LogP contribution >= 0.6 is 11.6 Å². The van der Waals surface area contributed by atoms with Crippen LogP contribution in [0.15, 0.2) is 66.9 Å². The summed E-state index contributed by atoms with van der Waals surface area (Å²) in [7, 11) is 1.60. The third-order valence-corrected chi connectivity index (χ3v) is 8.31. The van der Waals surface area contributed by atoms with Crippen molar-refractivity contribution in [2.45, 2.75) is 44.7 Å². The van der Waals surface area contributed by atoms with Crippen LogP contribution in [-0.2, 0) is 6.54 Å². The first-order valence-corrected chi connectivity index (χ1v) is 12.8. The fourth-order valence-electron chi connectivity index (χ4n) is 5.89. The van der Waals surface area contributed by atoms with Crippen molar-refractivity contribution in [3.05, 3.63) is 88.8 Å². The standard InChI is InChI=1S/C30H28ClFN2O2/c1-36-27-10-7-21(15-25(27)31)20-5-3-19(4-6-20)18-34-14-11-23-26(32)9-8-24(28(23)34)29(35)33-22-16-30(17-22)12-2-13-30/h3-11,14-15,22H,2,12-13,16-18H2,1H3,(H,33,35). The highest BCUT2D eigenvalue weighted by Gasteiger charge is 2.48. The molecule has 6 rings (SSSR count). The number of methoxy groups -OCH3 is 1. The zero-order valence-corrected chi connectivity index (χ0v) is 20.9. The van der Waals surface area contributed by atoms with Crippen LogP contribution in [-0.4, -0.2) is 23.6 Å². The summed E-state index contributed by atoms with van der Waals surface area (Å²) in [5.41, 5.74) is 4.74. The number of nitrogens with zero attached hydrogens (tertiary/aromatic N) is 1. The molecule has 0 radical (unpaired) electrons. The smallest absolute Gasteiger partial charge is 0.253 e. The second-order valence-corrected chi connectivity index (χ2v) is 10.7. The number of hydrogen-bond donors (Lipinski definition) is 1. The van der Waals surface area contributed by atoms with Crippen molar-refractivity contribution in [1.82, 2.24) is 9.88 Å². The number of ether oxygens (including phenoxy) is 1. The third kappa shape index (κ3) is 4.05. The van der Waals surface area contributed by atoms with Crippen LogP contribution in [0.5, 0.6) is 5.75 Å². The largest absolute Gasteiger partial charge is 0.495 e. The van der Waals surface area contributed by atoms with Gasteiger partial charge in [-0.2, -0.15) is 0 Å². The van der Waals surface area contributed by atoms with E-state index in [0.29, 0.717) is 39.2 Å². The zero-order chi connectivity index (χ0) is 24.9. The minimum Gasteiger partial charge on any atom is -0.495 e. The summed E-state index contributed by atoms with van der Waals surface area (Å²) in [6.07, 6.45) is 7.86. The van der Waals surface area contributed by atoms with Crippen molar-refractivity contribution < 1.29 is 13.9 Å². The van der Waals surface area contributed by atoms with Crippen molar-refractivity contribution in [2.24, 2.45) is 5.41 Å². The molecule has 0 bridgehead atoms. The fourth-order valence-corrected chi connectivity index (χ4v) is 6.14. The fraction of sp³-hybridized carbons (Fsp3) is 0.300. The van der Waals surface area contributed by atoms with Crippen molar-refractivity contribution in [2.75, 3.05) is 7.11 Å². The summed E-state index contributed by atoms with van der Waals surface area (Å²) in [6, 6.07) is 18.9. The Morgan fingerprint density at radius 3 is 2.50 bits per heavy atom. The van der Waals surface area contributed by atoms with Gasteiger partial charge in [-0.15, -0.1) is 0 Å². The van der Waals surface area contributed by atoms with Crippen molar-refractivity contribution in [1.29, 1.82) is 0 Å². The molecule has 2 saturated carbocycles. The molecule has 6 heteroatoms. The number of carbonyl (C=O) groups is 1. The lowest BCUT2D eigenvalue weighted by Gasteiger charge is -2.54. The van der Waals surface area contributed by atoms with E-state index in [9.17, 15) is 9.18 Å². The van der Waals surface area contributed by atoms with E-state index in [1.807, 2.05) is 53.2 Å². The van der Waals surface area contributed by atoms with Gasteiger partial charge in [-0.3, -0.25) is 4.79 Å². The molecule has 0 saturated heterocycles. The van der Waals surface area contributed by atoms with Gasteiger partial charge in [0.2, 0.25) is 0 Å². The Balaban J connectivity index is 1.23. The van der Waals surface area contributed by atoms with Crippen molar-refractivity contribution in [3.63, 3.8) is 0 Å². The van der Waals surface area contributed by atoms with Crippen molar-refractivity contribution >= 4 is 28.4 Å². The average Bonchev–Trinajstić information content (AvgIpc) is 3.25. The topological polar surface area (TPSA) is 43.3 Å². The molecule has 0 unspecified atom stereocenters. The molecule has 1 spiro atoms. The summed E-state index contributed by atoms with van der Waals surface area (Å²) in [5.74, 6) is 0.207. The first-order valence-electron chi connectivity index (χ1n) is 12.5. The van der Waals surface area contributed by atoms with Gasteiger partial charge in [0.1, 0.15) is 11.6 Å². The lowest BCUT2D eigenvalue weighted by molar-refractivity contribution is -0.000603. The molecule has 1 heterocycles. The van der Waals surface area contributed by atoms with Crippen LogP contribution in [0.3, 0.4) is 0 Å². The summed E-state index contributed by atoms with van der Waals surface area (Å²) in [4.78, 5) is 13.2. The van der Waals surface area contributed by atoms with Gasteiger partial charge in [-0.1, -0.05) is 48.4 Å². The predicted molar refractivity (Wildman–Crippen MR) is 141 cm³/mol. The van der Waals surface area contributed by atoms with Crippen LogP contribution in [0.1, 0.15) is 48.0 Å². The molecule has 4 aromatic rings. The molecule has 184 valence electrons. The summed E-state index contributed by atoms with van der Waals surface area (Å²) in [6.45, 7) is 0.531. The number of halogens is 2. The van der Waals surface area contributed by atoms with Crippen LogP contribution in [0.2, 0.25) is 5.02 Å². The number of benzene rings is 3. The van der Waals surface area contributed by atoms with Gasteiger partial charge in [0.25, 0.3) is 5.91 Å². The molecule has 0 aliphatic heterocycles. The number of rotatable bonds is 6. The molecule has 3 aromatic carbocycles. The molecular formula is C30H28ClFN2O2. The number of aromatic nitrogens is 1. The van der Waals surface area contributed by atoms with E-state index in [1.165, 1.54) is 25.3 Å². The molecule has 2 aliphatic rings. The lowest BCUT2D eigenvalue weighted by Crippen LogP contribution is -2.53. The first-order chi connectivity index (χ1) is 17.4. The van der Waals surface area contributed by atoms with Gasteiger partial charge in [0.15, 0.2) is 0 Å². The maximum atomic E-state index is 14.6. The van der Waals surface area contributed by atoms with E-state index in [4.69, 9.17) is 16.3 Å². The Morgan fingerprint density at radius 1 is 1.08 bits per heavy atom. The molecular weight excluding hydrogens is 475 g/mol. The molecule has 1 amide bonds.